The van der Waals surface area contributed by atoms with E-state index in [4.69, 9.17) is 15.3 Å². The molecule has 1 aliphatic rings. The molecular weight excluding hydrogens is 184 g/mol. The van der Waals surface area contributed by atoms with Crippen molar-refractivity contribution < 1.29 is 14.4 Å². The third kappa shape index (κ3) is 3.61. The van der Waals surface area contributed by atoms with Gasteiger partial charge in [0.2, 0.25) is 0 Å². The van der Waals surface area contributed by atoms with Crippen LogP contribution in [0.1, 0.15) is 19.8 Å². The van der Waals surface area contributed by atoms with Gasteiger partial charge in [-0.2, -0.15) is 0 Å². The molecule has 5 heteroatoms. The summed E-state index contributed by atoms with van der Waals surface area (Å²) in [7, 11) is 0. The number of hydroxylamine groups is 2. The number of hydrogen-bond donors (Lipinski definition) is 1. The Morgan fingerprint density at radius 3 is 3.14 bits per heavy atom. The van der Waals surface area contributed by atoms with Crippen LogP contribution < -0.4 is 5.73 Å². The SMILES string of the molecule is CCCC(=O)ON1CCO[C@H](CN)C1. The van der Waals surface area contributed by atoms with E-state index in [0.29, 0.717) is 32.7 Å². The Morgan fingerprint density at radius 2 is 2.50 bits per heavy atom. The first-order chi connectivity index (χ1) is 6.76. The maximum atomic E-state index is 11.2. The minimum atomic E-state index is -0.176. The second-order valence-corrected chi connectivity index (χ2v) is 3.33. The number of morpholine rings is 1. The molecule has 0 aromatic heterocycles. The molecule has 1 aliphatic heterocycles. The molecule has 1 saturated heterocycles. The Labute approximate surface area is 84.1 Å². The van der Waals surface area contributed by atoms with E-state index in [9.17, 15) is 4.79 Å². The molecule has 0 aliphatic carbocycles. The maximum Gasteiger partial charge on any atom is 0.325 e. The lowest BCUT2D eigenvalue weighted by Crippen LogP contribution is -2.46. The third-order valence-electron chi connectivity index (χ3n) is 2.05. The van der Waals surface area contributed by atoms with Gasteiger partial charge in [0.05, 0.1) is 25.8 Å². The number of carbonyl (C=O) groups is 1. The van der Waals surface area contributed by atoms with Crippen LogP contribution in [0.2, 0.25) is 0 Å². The highest BCUT2D eigenvalue weighted by Gasteiger charge is 2.21. The van der Waals surface area contributed by atoms with E-state index in [1.807, 2.05) is 6.92 Å². The molecule has 1 atom stereocenters. The van der Waals surface area contributed by atoms with Crippen molar-refractivity contribution in [3.05, 3.63) is 0 Å². The van der Waals surface area contributed by atoms with E-state index in [2.05, 4.69) is 0 Å². The molecule has 0 aromatic rings. The van der Waals surface area contributed by atoms with E-state index in [1.165, 1.54) is 0 Å². The molecule has 82 valence electrons. The van der Waals surface area contributed by atoms with Crippen molar-refractivity contribution in [2.45, 2.75) is 25.9 Å². The molecule has 5 nitrogen and oxygen atoms in total. The van der Waals surface area contributed by atoms with Crippen LogP contribution in [-0.2, 0) is 14.4 Å². The summed E-state index contributed by atoms with van der Waals surface area (Å²) in [5.41, 5.74) is 5.46. The average molecular weight is 202 g/mol. The van der Waals surface area contributed by atoms with E-state index in [0.717, 1.165) is 6.42 Å². The number of nitrogens with zero attached hydrogens (tertiary/aromatic N) is 1. The zero-order valence-corrected chi connectivity index (χ0v) is 8.57. The summed E-state index contributed by atoms with van der Waals surface area (Å²) in [6, 6.07) is 0. The zero-order valence-electron chi connectivity index (χ0n) is 8.57. The van der Waals surface area contributed by atoms with Gasteiger partial charge < -0.3 is 15.3 Å². The van der Waals surface area contributed by atoms with Crippen molar-refractivity contribution in [3.8, 4) is 0 Å². The van der Waals surface area contributed by atoms with Gasteiger partial charge in [0.15, 0.2) is 0 Å². The summed E-state index contributed by atoms with van der Waals surface area (Å²) in [6.45, 7) is 4.18. The molecule has 0 spiro atoms. The van der Waals surface area contributed by atoms with Crippen LogP contribution in [0.5, 0.6) is 0 Å². The van der Waals surface area contributed by atoms with Crippen LogP contribution in [0, 0.1) is 0 Å². The topological polar surface area (TPSA) is 64.8 Å². The zero-order chi connectivity index (χ0) is 10.4. The quantitative estimate of drug-likeness (QED) is 0.690. The van der Waals surface area contributed by atoms with Gasteiger partial charge in [-0.1, -0.05) is 6.92 Å². The molecule has 0 radical (unpaired) electrons. The molecule has 14 heavy (non-hydrogen) atoms. The lowest BCUT2D eigenvalue weighted by Gasteiger charge is -2.30. The third-order valence-corrected chi connectivity index (χ3v) is 2.05. The van der Waals surface area contributed by atoms with E-state index in [-0.39, 0.29) is 12.1 Å². The Morgan fingerprint density at radius 1 is 1.71 bits per heavy atom. The van der Waals surface area contributed by atoms with Gasteiger partial charge in [0.25, 0.3) is 0 Å². The first-order valence-corrected chi connectivity index (χ1v) is 5.03. The molecule has 1 fully saturated rings. The van der Waals surface area contributed by atoms with Crippen LogP contribution in [0.25, 0.3) is 0 Å². The molecule has 1 heterocycles. The first-order valence-electron chi connectivity index (χ1n) is 5.03. The lowest BCUT2D eigenvalue weighted by atomic mass is 10.3. The van der Waals surface area contributed by atoms with Crippen LogP contribution in [0.4, 0.5) is 0 Å². The monoisotopic (exact) mass is 202 g/mol. The molecule has 0 amide bonds. The van der Waals surface area contributed by atoms with Crippen molar-refractivity contribution in [2.75, 3.05) is 26.2 Å². The van der Waals surface area contributed by atoms with Crippen LogP contribution in [0.3, 0.4) is 0 Å². The predicted molar refractivity (Wildman–Crippen MR) is 51.4 cm³/mol. The number of carbonyl (C=O) groups excluding carboxylic acids is 1. The molecule has 2 N–H and O–H groups in total. The van der Waals surface area contributed by atoms with Crippen LogP contribution in [0.15, 0.2) is 0 Å². The van der Waals surface area contributed by atoms with Gasteiger partial charge in [-0.15, -0.1) is 5.06 Å². The van der Waals surface area contributed by atoms with Crippen molar-refractivity contribution in [3.63, 3.8) is 0 Å². The van der Waals surface area contributed by atoms with Crippen molar-refractivity contribution in [1.82, 2.24) is 5.06 Å². The van der Waals surface area contributed by atoms with Gasteiger partial charge in [-0.3, -0.25) is 4.79 Å². The second-order valence-electron chi connectivity index (χ2n) is 3.33. The van der Waals surface area contributed by atoms with Crippen molar-refractivity contribution >= 4 is 5.97 Å². The summed E-state index contributed by atoms with van der Waals surface area (Å²) in [4.78, 5) is 16.3. The maximum absolute atomic E-state index is 11.2. The Hall–Kier alpha value is -0.650. The van der Waals surface area contributed by atoms with Gasteiger partial charge in [0.1, 0.15) is 0 Å². The first kappa shape index (κ1) is 11.4. The van der Waals surface area contributed by atoms with Gasteiger partial charge in [-0.25, -0.2) is 0 Å². The Balaban J connectivity index is 2.26. The molecule has 1 rings (SSSR count). The summed E-state index contributed by atoms with van der Waals surface area (Å²) < 4.78 is 5.34. The van der Waals surface area contributed by atoms with E-state index >= 15 is 0 Å². The van der Waals surface area contributed by atoms with Gasteiger partial charge in [-0.05, 0) is 6.42 Å². The highest BCUT2D eigenvalue weighted by atomic mass is 16.7. The minimum absolute atomic E-state index is 0.0156. The summed E-state index contributed by atoms with van der Waals surface area (Å²) in [5.74, 6) is -0.176. The van der Waals surface area contributed by atoms with Crippen molar-refractivity contribution in [1.29, 1.82) is 0 Å². The molecule has 0 saturated carbocycles. The second kappa shape index (κ2) is 5.95. The standard InChI is InChI=1S/C9H18N2O3/c1-2-3-9(12)14-11-4-5-13-8(6-10)7-11/h8H,2-7,10H2,1H3/t8-/m1/s1. The summed E-state index contributed by atoms with van der Waals surface area (Å²) in [5, 5.41) is 1.64. The van der Waals surface area contributed by atoms with Crippen molar-refractivity contribution in [2.24, 2.45) is 5.73 Å². The van der Waals surface area contributed by atoms with Gasteiger partial charge in [0, 0.05) is 13.0 Å². The fraction of sp³-hybridized carbons (Fsp3) is 0.889. The smallest absolute Gasteiger partial charge is 0.325 e. The van der Waals surface area contributed by atoms with E-state index < -0.39 is 0 Å². The lowest BCUT2D eigenvalue weighted by molar-refractivity contribution is -0.214. The largest absolute Gasteiger partial charge is 0.374 e. The van der Waals surface area contributed by atoms with E-state index in [1.54, 1.807) is 5.06 Å². The Kier molecular flexibility index (Phi) is 4.86. The minimum Gasteiger partial charge on any atom is -0.374 e. The fourth-order valence-corrected chi connectivity index (χ4v) is 1.31. The Bertz CT molecular complexity index is 187. The normalized spacial score (nSPS) is 23.4. The number of ether oxygens (including phenoxy) is 1. The summed E-state index contributed by atoms with van der Waals surface area (Å²) in [6.07, 6.45) is 1.26. The highest BCUT2D eigenvalue weighted by molar-refractivity contribution is 5.68. The summed E-state index contributed by atoms with van der Waals surface area (Å²) >= 11 is 0. The number of hydrogen-bond acceptors (Lipinski definition) is 5. The molecular formula is C9H18N2O3. The van der Waals surface area contributed by atoms with Crippen LogP contribution in [-0.4, -0.2) is 43.4 Å². The van der Waals surface area contributed by atoms with Crippen LogP contribution >= 0.6 is 0 Å². The molecule has 0 unspecified atom stereocenters. The molecule has 0 bridgehead atoms. The molecule has 0 aromatic carbocycles. The average Bonchev–Trinajstić information content (AvgIpc) is 2.18. The predicted octanol–water partition coefficient (Wildman–Crippen LogP) is -0.0958. The number of rotatable bonds is 4. The highest BCUT2D eigenvalue weighted by Crippen LogP contribution is 2.05. The number of nitrogens with two attached hydrogens (primary N) is 1. The fourth-order valence-electron chi connectivity index (χ4n) is 1.31. The van der Waals surface area contributed by atoms with Gasteiger partial charge >= 0.3 is 5.97 Å².